The van der Waals surface area contributed by atoms with Gasteiger partial charge >= 0.3 is 0 Å². The number of benzene rings is 1. The lowest BCUT2D eigenvalue weighted by molar-refractivity contribution is 0.831. The first kappa shape index (κ1) is 9.68. The standard InChI is InChI=1S/C8H7BrClNO/c9-5-8(11-12)6-3-1-2-4-7(6)10/h1-4,8H,5H2. The van der Waals surface area contributed by atoms with Crippen LogP contribution < -0.4 is 0 Å². The summed E-state index contributed by atoms with van der Waals surface area (Å²) < 4.78 is 0. The lowest BCUT2D eigenvalue weighted by Gasteiger charge is -2.06. The van der Waals surface area contributed by atoms with Crippen molar-refractivity contribution in [2.45, 2.75) is 6.04 Å². The van der Waals surface area contributed by atoms with Crippen LogP contribution in [-0.4, -0.2) is 5.33 Å². The van der Waals surface area contributed by atoms with E-state index in [0.29, 0.717) is 10.4 Å². The molecular weight excluding hydrogens is 241 g/mol. The van der Waals surface area contributed by atoms with Crippen LogP contribution in [0.3, 0.4) is 0 Å². The highest BCUT2D eigenvalue weighted by Crippen LogP contribution is 2.26. The van der Waals surface area contributed by atoms with Gasteiger partial charge in [0.1, 0.15) is 6.04 Å². The predicted octanol–water partition coefficient (Wildman–Crippen LogP) is 3.54. The summed E-state index contributed by atoms with van der Waals surface area (Å²) >= 11 is 9.05. The van der Waals surface area contributed by atoms with Crippen LogP contribution in [0.4, 0.5) is 0 Å². The predicted molar refractivity (Wildman–Crippen MR) is 53.8 cm³/mol. The molecule has 0 aliphatic heterocycles. The van der Waals surface area contributed by atoms with Gasteiger partial charge in [0.05, 0.1) is 0 Å². The van der Waals surface area contributed by atoms with Crippen LogP contribution in [0.15, 0.2) is 29.4 Å². The van der Waals surface area contributed by atoms with Gasteiger partial charge in [-0.2, -0.15) is 4.91 Å². The van der Waals surface area contributed by atoms with E-state index >= 15 is 0 Å². The van der Waals surface area contributed by atoms with Crippen molar-refractivity contribution in [3.8, 4) is 0 Å². The van der Waals surface area contributed by atoms with Gasteiger partial charge in [-0.25, -0.2) is 0 Å². The van der Waals surface area contributed by atoms with Crippen molar-refractivity contribution in [1.82, 2.24) is 0 Å². The zero-order valence-electron chi connectivity index (χ0n) is 6.21. The topological polar surface area (TPSA) is 29.4 Å². The van der Waals surface area contributed by atoms with E-state index in [1.807, 2.05) is 12.1 Å². The minimum absolute atomic E-state index is 0.390. The number of rotatable bonds is 3. The first-order valence-corrected chi connectivity index (χ1v) is 4.92. The molecule has 1 atom stereocenters. The fourth-order valence-electron chi connectivity index (χ4n) is 0.913. The fraction of sp³-hybridized carbons (Fsp3) is 0.250. The van der Waals surface area contributed by atoms with Crippen molar-refractivity contribution >= 4 is 27.5 Å². The van der Waals surface area contributed by atoms with Gasteiger partial charge in [-0.05, 0) is 11.6 Å². The molecule has 12 heavy (non-hydrogen) atoms. The molecule has 0 saturated heterocycles. The third-order valence-corrected chi connectivity index (χ3v) is 2.50. The molecule has 1 aromatic carbocycles. The van der Waals surface area contributed by atoms with Gasteiger partial charge in [0.15, 0.2) is 0 Å². The lowest BCUT2D eigenvalue weighted by atomic mass is 10.1. The first-order valence-electron chi connectivity index (χ1n) is 3.42. The molecule has 0 spiro atoms. The monoisotopic (exact) mass is 247 g/mol. The largest absolute Gasteiger partial charge is 0.150 e. The molecule has 64 valence electrons. The summed E-state index contributed by atoms with van der Waals surface area (Å²) in [5.74, 6) is 0. The van der Waals surface area contributed by atoms with E-state index in [9.17, 15) is 4.91 Å². The molecule has 0 N–H and O–H groups in total. The summed E-state index contributed by atoms with van der Waals surface area (Å²) in [4.78, 5) is 10.4. The average molecular weight is 249 g/mol. The number of halogens is 2. The summed E-state index contributed by atoms with van der Waals surface area (Å²) in [6.45, 7) is 0. The Morgan fingerprint density at radius 2 is 2.17 bits per heavy atom. The van der Waals surface area contributed by atoms with E-state index in [0.717, 1.165) is 5.56 Å². The van der Waals surface area contributed by atoms with Crippen LogP contribution in [0.25, 0.3) is 0 Å². The van der Waals surface area contributed by atoms with Gasteiger partial charge in [0.25, 0.3) is 0 Å². The zero-order valence-corrected chi connectivity index (χ0v) is 8.55. The maximum Gasteiger partial charge on any atom is 0.128 e. The van der Waals surface area contributed by atoms with Gasteiger partial charge in [-0.15, -0.1) is 0 Å². The van der Waals surface area contributed by atoms with Gasteiger partial charge in [-0.1, -0.05) is 50.9 Å². The van der Waals surface area contributed by atoms with Crippen molar-refractivity contribution in [2.75, 3.05) is 5.33 Å². The van der Waals surface area contributed by atoms with Gasteiger partial charge < -0.3 is 0 Å². The molecule has 0 bridgehead atoms. The smallest absolute Gasteiger partial charge is 0.128 e. The lowest BCUT2D eigenvalue weighted by Crippen LogP contribution is -1.95. The highest BCUT2D eigenvalue weighted by Gasteiger charge is 2.12. The summed E-state index contributed by atoms with van der Waals surface area (Å²) in [6, 6.07) is 6.82. The van der Waals surface area contributed by atoms with E-state index in [4.69, 9.17) is 11.6 Å². The molecule has 2 nitrogen and oxygen atoms in total. The molecule has 1 aromatic rings. The third kappa shape index (κ3) is 2.05. The Morgan fingerprint density at radius 3 is 2.67 bits per heavy atom. The molecule has 0 aliphatic carbocycles. The molecule has 0 radical (unpaired) electrons. The fourth-order valence-corrected chi connectivity index (χ4v) is 1.64. The van der Waals surface area contributed by atoms with Crippen LogP contribution in [0.2, 0.25) is 5.02 Å². The molecule has 0 amide bonds. The molecule has 0 saturated carbocycles. The third-order valence-electron chi connectivity index (χ3n) is 1.54. The van der Waals surface area contributed by atoms with Crippen LogP contribution in [-0.2, 0) is 0 Å². The number of nitroso groups, excluding NO2 is 1. The van der Waals surface area contributed by atoms with E-state index < -0.39 is 6.04 Å². The van der Waals surface area contributed by atoms with Gasteiger partial charge in [0, 0.05) is 10.4 Å². The normalized spacial score (nSPS) is 12.5. The van der Waals surface area contributed by atoms with Crippen molar-refractivity contribution in [3.63, 3.8) is 0 Å². The highest BCUT2D eigenvalue weighted by atomic mass is 79.9. The minimum atomic E-state index is -0.390. The first-order chi connectivity index (χ1) is 5.79. The Balaban J connectivity index is 3.00. The Morgan fingerprint density at radius 1 is 1.50 bits per heavy atom. The molecule has 0 aliphatic rings. The van der Waals surface area contributed by atoms with Crippen LogP contribution in [0.5, 0.6) is 0 Å². The van der Waals surface area contributed by atoms with Crippen LogP contribution >= 0.6 is 27.5 Å². The maximum absolute atomic E-state index is 10.4. The van der Waals surface area contributed by atoms with Crippen LogP contribution in [0.1, 0.15) is 11.6 Å². The van der Waals surface area contributed by atoms with Crippen molar-refractivity contribution in [1.29, 1.82) is 0 Å². The number of alkyl halides is 1. The maximum atomic E-state index is 10.4. The second-order valence-electron chi connectivity index (χ2n) is 2.30. The number of nitrogens with zero attached hydrogens (tertiary/aromatic N) is 1. The zero-order chi connectivity index (χ0) is 8.97. The Bertz CT molecular complexity index is 280. The van der Waals surface area contributed by atoms with Crippen molar-refractivity contribution < 1.29 is 0 Å². The molecular formula is C8H7BrClNO. The van der Waals surface area contributed by atoms with Crippen molar-refractivity contribution in [3.05, 3.63) is 39.8 Å². The highest BCUT2D eigenvalue weighted by molar-refractivity contribution is 9.09. The van der Waals surface area contributed by atoms with Gasteiger partial charge in [0.2, 0.25) is 0 Å². The second-order valence-corrected chi connectivity index (χ2v) is 3.35. The number of hydrogen-bond donors (Lipinski definition) is 0. The SMILES string of the molecule is O=NC(CBr)c1ccccc1Cl. The number of hydrogen-bond acceptors (Lipinski definition) is 2. The molecule has 0 aromatic heterocycles. The van der Waals surface area contributed by atoms with Gasteiger partial charge in [-0.3, -0.25) is 0 Å². The molecule has 1 unspecified atom stereocenters. The molecule has 1 rings (SSSR count). The van der Waals surface area contributed by atoms with E-state index in [1.165, 1.54) is 0 Å². The minimum Gasteiger partial charge on any atom is -0.150 e. The second kappa shape index (κ2) is 4.58. The average Bonchev–Trinajstić information content (AvgIpc) is 2.10. The van der Waals surface area contributed by atoms with Crippen LogP contribution in [0, 0.1) is 4.91 Å². The molecule has 0 heterocycles. The Hall–Kier alpha value is -0.410. The summed E-state index contributed by atoms with van der Waals surface area (Å²) in [5.41, 5.74) is 0.769. The summed E-state index contributed by atoms with van der Waals surface area (Å²) in [7, 11) is 0. The molecule has 0 fully saturated rings. The molecule has 4 heteroatoms. The van der Waals surface area contributed by atoms with E-state index in [1.54, 1.807) is 12.1 Å². The summed E-state index contributed by atoms with van der Waals surface area (Å²) in [6.07, 6.45) is 0. The summed E-state index contributed by atoms with van der Waals surface area (Å²) in [5, 5.41) is 4.04. The Kier molecular flexibility index (Phi) is 3.69. The Labute approximate surface area is 84.0 Å². The van der Waals surface area contributed by atoms with E-state index in [2.05, 4.69) is 21.1 Å². The quantitative estimate of drug-likeness (QED) is 0.594. The van der Waals surface area contributed by atoms with E-state index in [-0.39, 0.29) is 0 Å². The van der Waals surface area contributed by atoms with Crippen molar-refractivity contribution in [2.24, 2.45) is 5.18 Å².